The predicted molar refractivity (Wildman–Crippen MR) is 87.7 cm³/mol. The van der Waals surface area contributed by atoms with Crippen molar-refractivity contribution in [1.82, 2.24) is 19.7 Å². The van der Waals surface area contributed by atoms with Crippen LogP contribution in [0.4, 0.5) is 15.9 Å². The van der Waals surface area contributed by atoms with E-state index in [0.29, 0.717) is 23.1 Å². The Morgan fingerprint density at radius 2 is 2.13 bits per heavy atom. The highest BCUT2D eigenvalue weighted by atomic mass is 79.9. The van der Waals surface area contributed by atoms with Crippen molar-refractivity contribution < 1.29 is 9.13 Å². The minimum atomic E-state index is -0.460. The van der Waals surface area contributed by atoms with Gasteiger partial charge < -0.3 is 10.1 Å². The lowest BCUT2D eigenvalue weighted by molar-refractivity contribution is 0.427. The topological polar surface area (TPSA) is 64.9 Å². The number of halogens is 2. The molecule has 0 bridgehead atoms. The van der Waals surface area contributed by atoms with E-state index < -0.39 is 6.67 Å². The minimum absolute atomic E-state index is 0.224. The Balaban J connectivity index is 1.73. The van der Waals surface area contributed by atoms with E-state index in [0.717, 1.165) is 4.47 Å². The van der Waals surface area contributed by atoms with Gasteiger partial charge in [-0.2, -0.15) is 5.10 Å². The molecule has 118 valence electrons. The molecule has 2 aromatic heterocycles. The fourth-order valence-corrected chi connectivity index (χ4v) is 2.25. The van der Waals surface area contributed by atoms with Crippen LogP contribution in [-0.2, 0) is 6.54 Å². The van der Waals surface area contributed by atoms with Crippen LogP contribution in [0.15, 0.2) is 53.5 Å². The van der Waals surface area contributed by atoms with Gasteiger partial charge in [0.15, 0.2) is 0 Å². The van der Waals surface area contributed by atoms with Crippen molar-refractivity contribution in [3.8, 4) is 11.6 Å². The summed E-state index contributed by atoms with van der Waals surface area (Å²) in [5.74, 6) is 1.63. The molecule has 1 aromatic carbocycles. The fraction of sp³-hybridized carbons (Fsp3) is 0.133. The average Bonchev–Trinajstić information content (AvgIpc) is 2.98. The third kappa shape index (κ3) is 4.04. The highest BCUT2D eigenvalue weighted by Crippen LogP contribution is 2.29. The van der Waals surface area contributed by atoms with E-state index in [2.05, 4.69) is 36.3 Å². The zero-order valence-electron chi connectivity index (χ0n) is 12.0. The van der Waals surface area contributed by atoms with Gasteiger partial charge in [0.05, 0.1) is 22.9 Å². The molecule has 1 N–H and O–H groups in total. The summed E-state index contributed by atoms with van der Waals surface area (Å²) in [6.07, 6.45) is 4.71. The van der Waals surface area contributed by atoms with Gasteiger partial charge in [-0.25, -0.2) is 14.4 Å². The summed E-state index contributed by atoms with van der Waals surface area (Å²) in [5, 5.41) is 7.11. The molecule has 0 saturated heterocycles. The predicted octanol–water partition coefficient (Wildman–Crippen LogP) is 3.94. The summed E-state index contributed by atoms with van der Waals surface area (Å²) in [6.45, 7) is -0.236. The number of benzene rings is 1. The van der Waals surface area contributed by atoms with E-state index in [4.69, 9.17) is 4.74 Å². The molecule has 0 saturated carbocycles. The molecule has 23 heavy (non-hydrogen) atoms. The first-order chi connectivity index (χ1) is 11.2. The molecular formula is C15H13BrFN5O. The lowest BCUT2D eigenvalue weighted by Crippen LogP contribution is -1.99. The Labute approximate surface area is 140 Å². The molecule has 8 heteroatoms. The van der Waals surface area contributed by atoms with Gasteiger partial charge >= 0.3 is 0 Å². The number of rotatable bonds is 6. The molecule has 0 atom stereocenters. The van der Waals surface area contributed by atoms with Crippen LogP contribution in [0.3, 0.4) is 0 Å². The first-order valence-corrected chi connectivity index (χ1v) is 7.64. The van der Waals surface area contributed by atoms with E-state index >= 15 is 0 Å². The van der Waals surface area contributed by atoms with E-state index in [1.165, 1.54) is 11.0 Å². The van der Waals surface area contributed by atoms with Crippen molar-refractivity contribution in [2.45, 2.75) is 6.54 Å². The second kappa shape index (κ2) is 7.19. The maximum Gasteiger partial charge on any atom is 0.224 e. The lowest BCUT2D eigenvalue weighted by Gasteiger charge is -2.08. The van der Waals surface area contributed by atoms with Gasteiger partial charge in [0.1, 0.15) is 24.6 Å². The third-order valence-corrected chi connectivity index (χ3v) is 3.57. The molecule has 3 aromatic rings. The second-order valence-electron chi connectivity index (χ2n) is 4.58. The Hall–Kier alpha value is -2.48. The Morgan fingerprint density at radius 1 is 1.26 bits per heavy atom. The number of aromatic nitrogens is 4. The van der Waals surface area contributed by atoms with Gasteiger partial charge in [0, 0.05) is 12.3 Å². The molecule has 0 aliphatic carbocycles. The highest BCUT2D eigenvalue weighted by molar-refractivity contribution is 9.10. The standard InChI is InChI=1S/C15H13BrFN5O/c16-12-3-1-2-4-13(12)23-15-7-14(18-10-19-15)21-11-8-20-22(9-11)6-5-17/h1-4,7-10H,5-6H2,(H,18,19,21). The van der Waals surface area contributed by atoms with Gasteiger partial charge in [0.25, 0.3) is 0 Å². The fourth-order valence-electron chi connectivity index (χ4n) is 1.89. The van der Waals surface area contributed by atoms with Crippen LogP contribution in [0.25, 0.3) is 0 Å². The zero-order chi connectivity index (χ0) is 16.1. The molecule has 0 unspecified atom stereocenters. The van der Waals surface area contributed by atoms with Gasteiger partial charge in [0.2, 0.25) is 5.88 Å². The minimum Gasteiger partial charge on any atom is -0.438 e. The van der Waals surface area contributed by atoms with Crippen LogP contribution in [0.1, 0.15) is 0 Å². The summed E-state index contributed by atoms with van der Waals surface area (Å²) in [5.41, 5.74) is 0.712. The van der Waals surface area contributed by atoms with Crippen LogP contribution in [-0.4, -0.2) is 26.4 Å². The first kappa shape index (κ1) is 15.4. The Kier molecular flexibility index (Phi) is 4.82. The van der Waals surface area contributed by atoms with E-state index in [-0.39, 0.29) is 6.54 Å². The first-order valence-electron chi connectivity index (χ1n) is 6.84. The van der Waals surface area contributed by atoms with Gasteiger partial charge in [-0.15, -0.1) is 0 Å². The van der Waals surface area contributed by atoms with Gasteiger partial charge in [-0.05, 0) is 28.1 Å². The van der Waals surface area contributed by atoms with Crippen LogP contribution in [0, 0.1) is 0 Å². The molecule has 0 radical (unpaired) electrons. The summed E-state index contributed by atoms with van der Waals surface area (Å²) in [6, 6.07) is 9.17. The summed E-state index contributed by atoms with van der Waals surface area (Å²) in [7, 11) is 0. The van der Waals surface area contributed by atoms with Crippen LogP contribution >= 0.6 is 15.9 Å². The van der Waals surface area contributed by atoms with E-state index in [1.54, 1.807) is 18.5 Å². The average molecular weight is 378 g/mol. The number of aryl methyl sites for hydroxylation is 1. The van der Waals surface area contributed by atoms with Crippen LogP contribution in [0.2, 0.25) is 0 Å². The Morgan fingerprint density at radius 3 is 2.96 bits per heavy atom. The number of nitrogens with one attached hydrogen (secondary N) is 1. The van der Waals surface area contributed by atoms with E-state index in [1.807, 2.05) is 24.3 Å². The van der Waals surface area contributed by atoms with Gasteiger partial charge in [-0.1, -0.05) is 12.1 Å². The zero-order valence-corrected chi connectivity index (χ0v) is 13.6. The van der Waals surface area contributed by atoms with Crippen LogP contribution < -0.4 is 10.1 Å². The normalized spacial score (nSPS) is 10.5. The number of hydrogen-bond acceptors (Lipinski definition) is 5. The molecule has 3 rings (SSSR count). The Bertz CT molecular complexity index is 795. The maximum atomic E-state index is 12.3. The largest absolute Gasteiger partial charge is 0.438 e. The molecule has 6 nitrogen and oxygen atoms in total. The summed E-state index contributed by atoms with van der Waals surface area (Å²) in [4.78, 5) is 8.22. The maximum absolute atomic E-state index is 12.3. The van der Waals surface area contributed by atoms with Crippen molar-refractivity contribution in [3.05, 3.63) is 53.5 Å². The molecule has 0 spiro atoms. The second-order valence-corrected chi connectivity index (χ2v) is 5.43. The number of para-hydroxylation sites is 1. The molecule has 0 amide bonds. The van der Waals surface area contributed by atoms with Crippen LogP contribution in [0.5, 0.6) is 11.6 Å². The van der Waals surface area contributed by atoms with Crippen molar-refractivity contribution >= 4 is 27.4 Å². The summed E-state index contributed by atoms with van der Waals surface area (Å²) >= 11 is 3.42. The lowest BCUT2D eigenvalue weighted by atomic mass is 10.3. The highest BCUT2D eigenvalue weighted by Gasteiger charge is 2.06. The molecule has 0 fully saturated rings. The molecule has 0 aliphatic rings. The smallest absolute Gasteiger partial charge is 0.224 e. The number of anilines is 2. The van der Waals surface area contributed by atoms with Gasteiger partial charge in [-0.3, -0.25) is 4.68 Å². The monoisotopic (exact) mass is 377 g/mol. The molecule has 0 aliphatic heterocycles. The van der Waals surface area contributed by atoms with E-state index in [9.17, 15) is 4.39 Å². The van der Waals surface area contributed by atoms with Crippen molar-refractivity contribution in [2.24, 2.45) is 0 Å². The quantitative estimate of drug-likeness (QED) is 0.704. The molecule has 2 heterocycles. The number of alkyl halides is 1. The summed E-state index contributed by atoms with van der Waals surface area (Å²) < 4.78 is 20.4. The third-order valence-electron chi connectivity index (χ3n) is 2.91. The molecular weight excluding hydrogens is 365 g/mol. The SMILES string of the molecule is FCCn1cc(Nc2cc(Oc3ccccc3Br)ncn2)cn1. The van der Waals surface area contributed by atoms with Crippen molar-refractivity contribution in [3.63, 3.8) is 0 Å². The van der Waals surface area contributed by atoms with Crippen molar-refractivity contribution in [1.29, 1.82) is 0 Å². The van der Waals surface area contributed by atoms with Crippen molar-refractivity contribution in [2.75, 3.05) is 12.0 Å². The number of ether oxygens (including phenoxy) is 1. The number of nitrogens with zero attached hydrogens (tertiary/aromatic N) is 4. The number of hydrogen-bond donors (Lipinski definition) is 1.